The molecule has 1 unspecified atom stereocenters. The quantitative estimate of drug-likeness (QED) is 0.760. The number of carbonyl (C=O) groups excluding carboxylic acids is 1. The van der Waals surface area contributed by atoms with E-state index < -0.39 is 11.5 Å². The van der Waals surface area contributed by atoms with Gasteiger partial charge in [0.25, 0.3) is 0 Å². The van der Waals surface area contributed by atoms with E-state index in [1.165, 1.54) is 0 Å². The molecule has 102 valence electrons. The van der Waals surface area contributed by atoms with E-state index in [2.05, 4.69) is 0 Å². The molecule has 2 rings (SSSR count). The standard InChI is InChI=1S/C16H20O3/c1-10-7-6-8-12-9-13(18-14(10)12)11(2)15(17)19-16(3,4)5/h6-9,11H,1-5H3. The molecular weight excluding hydrogens is 240 g/mol. The first-order valence-corrected chi connectivity index (χ1v) is 6.50. The second-order valence-electron chi connectivity index (χ2n) is 5.90. The Labute approximate surface area is 113 Å². The number of rotatable bonds is 2. The Morgan fingerprint density at radius 2 is 2.00 bits per heavy atom. The van der Waals surface area contributed by atoms with Gasteiger partial charge in [0.05, 0.1) is 0 Å². The van der Waals surface area contributed by atoms with E-state index in [-0.39, 0.29) is 5.97 Å². The fourth-order valence-corrected chi connectivity index (χ4v) is 1.95. The maximum absolute atomic E-state index is 12.0. The molecule has 1 aromatic carbocycles. The van der Waals surface area contributed by atoms with Crippen molar-refractivity contribution in [1.29, 1.82) is 0 Å². The van der Waals surface area contributed by atoms with E-state index >= 15 is 0 Å². The van der Waals surface area contributed by atoms with E-state index in [0.717, 1.165) is 16.5 Å². The lowest BCUT2D eigenvalue weighted by Crippen LogP contribution is -2.26. The summed E-state index contributed by atoms with van der Waals surface area (Å²) in [6.45, 7) is 9.39. The number of aryl methyl sites for hydroxylation is 1. The summed E-state index contributed by atoms with van der Waals surface area (Å²) in [5.41, 5.74) is 1.43. The van der Waals surface area contributed by atoms with Gasteiger partial charge < -0.3 is 9.15 Å². The van der Waals surface area contributed by atoms with Gasteiger partial charge in [-0.3, -0.25) is 4.79 Å². The molecule has 0 saturated carbocycles. The predicted octanol–water partition coefficient (Wildman–Crippen LogP) is 4.19. The minimum atomic E-state index is -0.479. The molecule has 0 N–H and O–H groups in total. The maximum Gasteiger partial charge on any atom is 0.316 e. The summed E-state index contributed by atoms with van der Waals surface area (Å²) in [6, 6.07) is 7.87. The molecule has 0 spiro atoms. The summed E-state index contributed by atoms with van der Waals surface area (Å²) in [6.07, 6.45) is 0. The van der Waals surface area contributed by atoms with Crippen LogP contribution in [0.15, 0.2) is 28.7 Å². The third-order valence-corrected chi connectivity index (χ3v) is 2.95. The summed E-state index contributed by atoms with van der Waals surface area (Å²) < 4.78 is 11.2. The van der Waals surface area contributed by atoms with Crippen LogP contribution in [0.4, 0.5) is 0 Å². The van der Waals surface area contributed by atoms with Gasteiger partial charge in [0.1, 0.15) is 22.9 Å². The van der Waals surface area contributed by atoms with Crippen LogP contribution < -0.4 is 0 Å². The molecule has 0 aliphatic rings. The van der Waals surface area contributed by atoms with Crippen molar-refractivity contribution in [3.05, 3.63) is 35.6 Å². The Morgan fingerprint density at radius 3 is 2.58 bits per heavy atom. The van der Waals surface area contributed by atoms with Crippen molar-refractivity contribution in [3.8, 4) is 0 Å². The van der Waals surface area contributed by atoms with Crippen LogP contribution in [-0.4, -0.2) is 11.6 Å². The van der Waals surface area contributed by atoms with Gasteiger partial charge in [-0.25, -0.2) is 0 Å². The van der Waals surface area contributed by atoms with Crippen molar-refractivity contribution in [1.82, 2.24) is 0 Å². The van der Waals surface area contributed by atoms with Crippen molar-refractivity contribution >= 4 is 16.9 Å². The average molecular weight is 260 g/mol. The monoisotopic (exact) mass is 260 g/mol. The third-order valence-electron chi connectivity index (χ3n) is 2.95. The van der Waals surface area contributed by atoms with Crippen molar-refractivity contribution in [2.45, 2.75) is 46.1 Å². The van der Waals surface area contributed by atoms with Gasteiger partial charge in [-0.05, 0) is 46.2 Å². The molecule has 1 atom stereocenters. The van der Waals surface area contributed by atoms with Gasteiger partial charge in [-0.1, -0.05) is 18.2 Å². The normalized spacial score (nSPS) is 13.5. The number of furan rings is 1. The Kier molecular flexibility index (Phi) is 3.40. The SMILES string of the molecule is Cc1cccc2cc(C(C)C(=O)OC(C)(C)C)oc12. The average Bonchev–Trinajstić information content (AvgIpc) is 2.71. The summed E-state index contributed by atoms with van der Waals surface area (Å²) in [5, 5.41) is 1.02. The zero-order valence-corrected chi connectivity index (χ0v) is 12.1. The highest BCUT2D eigenvalue weighted by Gasteiger charge is 2.25. The molecule has 1 heterocycles. The van der Waals surface area contributed by atoms with Crippen LogP contribution in [0.1, 0.15) is 44.9 Å². The fourth-order valence-electron chi connectivity index (χ4n) is 1.95. The Balaban J connectivity index is 2.29. The Hall–Kier alpha value is -1.77. The molecule has 0 bridgehead atoms. The first-order valence-electron chi connectivity index (χ1n) is 6.50. The highest BCUT2D eigenvalue weighted by Crippen LogP contribution is 2.28. The summed E-state index contributed by atoms with van der Waals surface area (Å²) >= 11 is 0. The Morgan fingerprint density at radius 1 is 1.32 bits per heavy atom. The molecule has 19 heavy (non-hydrogen) atoms. The lowest BCUT2D eigenvalue weighted by atomic mass is 10.1. The van der Waals surface area contributed by atoms with Crippen LogP contribution in [-0.2, 0) is 9.53 Å². The van der Waals surface area contributed by atoms with Gasteiger partial charge in [-0.2, -0.15) is 0 Å². The van der Waals surface area contributed by atoms with Gasteiger partial charge in [0, 0.05) is 5.39 Å². The Bertz CT molecular complexity index is 602. The van der Waals surface area contributed by atoms with Gasteiger partial charge in [-0.15, -0.1) is 0 Å². The molecule has 2 aromatic rings. The number of benzene rings is 1. The van der Waals surface area contributed by atoms with Gasteiger partial charge >= 0.3 is 5.97 Å². The van der Waals surface area contributed by atoms with Crippen LogP contribution >= 0.6 is 0 Å². The number of carbonyl (C=O) groups is 1. The number of para-hydroxylation sites is 1. The van der Waals surface area contributed by atoms with Crippen LogP contribution in [0.2, 0.25) is 0 Å². The van der Waals surface area contributed by atoms with Gasteiger partial charge in [0.15, 0.2) is 0 Å². The fraction of sp³-hybridized carbons (Fsp3) is 0.438. The summed E-state index contributed by atoms with van der Waals surface area (Å²) in [7, 11) is 0. The van der Waals surface area contributed by atoms with Crippen LogP contribution in [0.5, 0.6) is 0 Å². The smallest absolute Gasteiger partial charge is 0.316 e. The lowest BCUT2D eigenvalue weighted by Gasteiger charge is -2.21. The van der Waals surface area contributed by atoms with Crippen LogP contribution in [0.25, 0.3) is 11.0 Å². The first kappa shape index (κ1) is 13.7. The molecule has 3 heteroatoms. The highest BCUT2D eigenvalue weighted by molar-refractivity contribution is 5.84. The summed E-state index contributed by atoms with van der Waals surface area (Å²) in [4.78, 5) is 12.0. The molecule has 0 aliphatic heterocycles. The molecule has 0 aliphatic carbocycles. The van der Waals surface area contributed by atoms with Crippen molar-refractivity contribution in [3.63, 3.8) is 0 Å². The molecule has 0 radical (unpaired) electrons. The second-order valence-corrected chi connectivity index (χ2v) is 5.90. The number of hydrogen-bond donors (Lipinski definition) is 0. The van der Waals surface area contributed by atoms with Crippen LogP contribution in [0.3, 0.4) is 0 Å². The molecule has 0 saturated heterocycles. The first-order chi connectivity index (χ1) is 8.78. The molecular formula is C16H20O3. The summed E-state index contributed by atoms with van der Waals surface area (Å²) in [5.74, 6) is -0.00576. The largest absolute Gasteiger partial charge is 0.460 e. The van der Waals surface area contributed by atoms with E-state index in [4.69, 9.17) is 9.15 Å². The third kappa shape index (κ3) is 2.98. The van der Waals surface area contributed by atoms with E-state index in [1.807, 2.05) is 52.0 Å². The lowest BCUT2D eigenvalue weighted by molar-refractivity contribution is -0.156. The number of esters is 1. The zero-order valence-electron chi connectivity index (χ0n) is 12.1. The van der Waals surface area contributed by atoms with Crippen molar-refractivity contribution < 1.29 is 13.9 Å². The van der Waals surface area contributed by atoms with Crippen molar-refractivity contribution in [2.24, 2.45) is 0 Å². The molecule has 0 fully saturated rings. The minimum absolute atomic E-state index is 0.260. The molecule has 0 amide bonds. The molecule has 1 aromatic heterocycles. The number of ether oxygens (including phenoxy) is 1. The topological polar surface area (TPSA) is 39.4 Å². The number of hydrogen-bond acceptors (Lipinski definition) is 3. The second kappa shape index (κ2) is 4.72. The predicted molar refractivity (Wildman–Crippen MR) is 75.2 cm³/mol. The zero-order chi connectivity index (χ0) is 14.2. The number of fused-ring (bicyclic) bond motifs is 1. The van der Waals surface area contributed by atoms with Crippen molar-refractivity contribution in [2.75, 3.05) is 0 Å². The van der Waals surface area contributed by atoms with E-state index in [9.17, 15) is 4.79 Å². The van der Waals surface area contributed by atoms with E-state index in [1.54, 1.807) is 6.92 Å². The molecule has 3 nitrogen and oxygen atoms in total. The highest BCUT2D eigenvalue weighted by atomic mass is 16.6. The van der Waals surface area contributed by atoms with Crippen LogP contribution in [0, 0.1) is 6.92 Å². The van der Waals surface area contributed by atoms with E-state index in [0.29, 0.717) is 5.76 Å². The minimum Gasteiger partial charge on any atom is -0.460 e. The van der Waals surface area contributed by atoms with Gasteiger partial charge in [0.2, 0.25) is 0 Å². The maximum atomic E-state index is 12.0.